The van der Waals surface area contributed by atoms with Crippen molar-refractivity contribution < 1.29 is 4.79 Å². The summed E-state index contributed by atoms with van der Waals surface area (Å²) in [7, 11) is 4.05. The van der Waals surface area contributed by atoms with Crippen LogP contribution in [0.2, 0.25) is 5.15 Å². The van der Waals surface area contributed by atoms with Crippen LogP contribution in [-0.2, 0) is 0 Å². The van der Waals surface area contributed by atoms with Crippen LogP contribution in [0.25, 0.3) is 0 Å². The maximum absolute atomic E-state index is 12.0. The summed E-state index contributed by atoms with van der Waals surface area (Å²) in [5, 5.41) is 3.16. The quantitative estimate of drug-likeness (QED) is 0.816. The SMILES string of the molecule is CC(C)CC(CNC(=O)c1cccnc1Cl)N(C)C. The standard InChI is InChI=1S/C14H22ClN3O/c1-10(2)8-11(18(3)4)9-17-14(19)12-6-5-7-16-13(12)15/h5-7,10-11H,8-9H2,1-4H3,(H,17,19). The monoisotopic (exact) mass is 283 g/mol. The van der Waals surface area contributed by atoms with Gasteiger partial charge in [0.2, 0.25) is 0 Å². The van der Waals surface area contributed by atoms with E-state index in [4.69, 9.17) is 11.6 Å². The molecule has 19 heavy (non-hydrogen) atoms. The number of nitrogens with zero attached hydrogens (tertiary/aromatic N) is 2. The molecule has 0 saturated carbocycles. The molecule has 1 aromatic rings. The lowest BCUT2D eigenvalue weighted by Gasteiger charge is -2.26. The van der Waals surface area contributed by atoms with Crippen molar-refractivity contribution in [2.75, 3.05) is 20.6 Å². The third kappa shape index (κ3) is 5.17. The van der Waals surface area contributed by atoms with Gasteiger partial charge < -0.3 is 10.2 Å². The molecule has 0 aliphatic heterocycles. The molecule has 1 heterocycles. The molecular formula is C14H22ClN3O. The van der Waals surface area contributed by atoms with Crippen molar-refractivity contribution in [2.24, 2.45) is 5.92 Å². The molecular weight excluding hydrogens is 262 g/mol. The fourth-order valence-corrected chi connectivity index (χ4v) is 2.09. The van der Waals surface area contributed by atoms with E-state index in [2.05, 4.69) is 29.0 Å². The van der Waals surface area contributed by atoms with Gasteiger partial charge in [-0.3, -0.25) is 4.79 Å². The fourth-order valence-electron chi connectivity index (χ4n) is 1.88. The van der Waals surface area contributed by atoms with Crippen molar-refractivity contribution in [3.8, 4) is 0 Å². The number of hydrogen-bond donors (Lipinski definition) is 1. The molecule has 1 amide bonds. The first kappa shape index (κ1) is 15.9. The van der Waals surface area contributed by atoms with E-state index in [0.717, 1.165) is 6.42 Å². The van der Waals surface area contributed by atoms with E-state index < -0.39 is 0 Å². The third-order valence-corrected chi connectivity index (χ3v) is 3.28. The zero-order valence-electron chi connectivity index (χ0n) is 12.0. The van der Waals surface area contributed by atoms with Gasteiger partial charge in [-0.1, -0.05) is 25.4 Å². The number of carbonyl (C=O) groups is 1. The molecule has 0 bridgehead atoms. The number of amides is 1. The van der Waals surface area contributed by atoms with Gasteiger partial charge in [0.25, 0.3) is 5.91 Å². The van der Waals surface area contributed by atoms with E-state index in [0.29, 0.717) is 24.1 Å². The Kier molecular flexibility index (Phi) is 6.25. The lowest BCUT2D eigenvalue weighted by atomic mass is 10.0. The van der Waals surface area contributed by atoms with Crippen molar-refractivity contribution in [3.05, 3.63) is 29.0 Å². The maximum atomic E-state index is 12.0. The van der Waals surface area contributed by atoms with Gasteiger partial charge in [0.05, 0.1) is 5.56 Å². The van der Waals surface area contributed by atoms with Crippen LogP contribution >= 0.6 is 11.6 Å². The molecule has 1 rings (SSSR count). The summed E-state index contributed by atoms with van der Waals surface area (Å²) in [6, 6.07) is 3.70. The fraction of sp³-hybridized carbons (Fsp3) is 0.571. The van der Waals surface area contributed by atoms with Gasteiger partial charge in [-0.05, 0) is 38.6 Å². The zero-order chi connectivity index (χ0) is 14.4. The lowest BCUT2D eigenvalue weighted by Crippen LogP contribution is -2.41. The molecule has 0 fully saturated rings. The highest BCUT2D eigenvalue weighted by atomic mass is 35.5. The van der Waals surface area contributed by atoms with Crippen molar-refractivity contribution in [1.82, 2.24) is 15.2 Å². The smallest absolute Gasteiger partial charge is 0.254 e. The van der Waals surface area contributed by atoms with Crippen molar-refractivity contribution >= 4 is 17.5 Å². The number of likely N-dealkylation sites (N-methyl/N-ethyl adjacent to an activating group) is 1. The van der Waals surface area contributed by atoms with Crippen LogP contribution in [0.3, 0.4) is 0 Å². The Bertz CT molecular complexity index is 421. The number of rotatable bonds is 6. The van der Waals surface area contributed by atoms with E-state index in [1.165, 1.54) is 0 Å². The predicted octanol–water partition coefficient (Wildman–Crippen LogP) is 2.44. The second-order valence-electron chi connectivity index (χ2n) is 5.30. The molecule has 1 aromatic heterocycles. The first-order valence-corrected chi connectivity index (χ1v) is 6.84. The topological polar surface area (TPSA) is 45.2 Å². The Morgan fingerprint density at radius 1 is 1.47 bits per heavy atom. The summed E-state index contributed by atoms with van der Waals surface area (Å²) in [5.41, 5.74) is 0.422. The first-order valence-electron chi connectivity index (χ1n) is 6.47. The van der Waals surface area contributed by atoms with E-state index in [-0.39, 0.29) is 11.1 Å². The van der Waals surface area contributed by atoms with Gasteiger partial charge in [-0.2, -0.15) is 0 Å². The van der Waals surface area contributed by atoms with Crippen LogP contribution in [0.5, 0.6) is 0 Å². The highest BCUT2D eigenvalue weighted by Crippen LogP contribution is 2.12. The molecule has 0 spiro atoms. The Labute approximate surface area is 120 Å². The number of pyridine rings is 1. The minimum atomic E-state index is -0.172. The van der Waals surface area contributed by atoms with Crippen LogP contribution in [0.4, 0.5) is 0 Å². The summed E-state index contributed by atoms with van der Waals surface area (Å²) in [6.45, 7) is 4.96. The lowest BCUT2D eigenvalue weighted by molar-refractivity contribution is 0.0938. The summed E-state index contributed by atoms with van der Waals surface area (Å²) in [5.74, 6) is 0.417. The molecule has 1 N–H and O–H groups in total. The molecule has 0 radical (unpaired) electrons. The molecule has 106 valence electrons. The average molecular weight is 284 g/mol. The molecule has 1 atom stereocenters. The van der Waals surface area contributed by atoms with Gasteiger partial charge in [-0.25, -0.2) is 4.98 Å². The van der Waals surface area contributed by atoms with Gasteiger partial charge in [0.15, 0.2) is 0 Å². The molecule has 0 aliphatic carbocycles. The number of aromatic nitrogens is 1. The Hall–Kier alpha value is -1.13. The number of hydrogen-bond acceptors (Lipinski definition) is 3. The van der Waals surface area contributed by atoms with Crippen LogP contribution in [0, 0.1) is 5.92 Å². The number of carbonyl (C=O) groups excluding carboxylic acids is 1. The minimum absolute atomic E-state index is 0.172. The second kappa shape index (κ2) is 7.46. The van der Waals surface area contributed by atoms with E-state index in [1.54, 1.807) is 18.3 Å². The Balaban J connectivity index is 2.60. The second-order valence-corrected chi connectivity index (χ2v) is 5.66. The maximum Gasteiger partial charge on any atom is 0.254 e. The van der Waals surface area contributed by atoms with Crippen LogP contribution < -0.4 is 5.32 Å². The van der Waals surface area contributed by atoms with Gasteiger partial charge in [0, 0.05) is 18.8 Å². The third-order valence-electron chi connectivity index (χ3n) is 2.98. The van der Waals surface area contributed by atoms with Gasteiger partial charge >= 0.3 is 0 Å². The number of halogens is 1. The summed E-state index contributed by atoms with van der Waals surface area (Å²) >= 11 is 5.90. The van der Waals surface area contributed by atoms with Crippen LogP contribution in [-0.4, -0.2) is 42.5 Å². The molecule has 1 unspecified atom stereocenters. The highest BCUT2D eigenvalue weighted by Gasteiger charge is 2.16. The van der Waals surface area contributed by atoms with E-state index in [1.807, 2.05) is 14.1 Å². The number of nitrogens with one attached hydrogen (secondary N) is 1. The van der Waals surface area contributed by atoms with Crippen molar-refractivity contribution in [2.45, 2.75) is 26.3 Å². The average Bonchev–Trinajstić information content (AvgIpc) is 2.34. The van der Waals surface area contributed by atoms with Crippen molar-refractivity contribution in [3.63, 3.8) is 0 Å². The largest absolute Gasteiger partial charge is 0.350 e. The molecule has 5 heteroatoms. The molecule has 0 saturated heterocycles. The molecule has 4 nitrogen and oxygen atoms in total. The van der Waals surface area contributed by atoms with Crippen molar-refractivity contribution in [1.29, 1.82) is 0 Å². The summed E-state index contributed by atoms with van der Waals surface area (Å²) in [4.78, 5) is 18.1. The summed E-state index contributed by atoms with van der Waals surface area (Å²) < 4.78 is 0. The molecule has 0 aliphatic rings. The minimum Gasteiger partial charge on any atom is -0.350 e. The highest BCUT2D eigenvalue weighted by molar-refractivity contribution is 6.32. The van der Waals surface area contributed by atoms with Crippen LogP contribution in [0.15, 0.2) is 18.3 Å². The van der Waals surface area contributed by atoms with Crippen LogP contribution in [0.1, 0.15) is 30.6 Å². The Morgan fingerprint density at radius 2 is 2.16 bits per heavy atom. The summed E-state index contributed by atoms with van der Waals surface area (Å²) in [6.07, 6.45) is 2.61. The first-order chi connectivity index (χ1) is 8.91. The predicted molar refractivity (Wildman–Crippen MR) is 78.5 cm³/mol. The van der Waals surface area contributed by atoms with Gasteiger partial charge in [0.1, 0.15) is 5.15 Å². The van der Waals surface area contributed by atoms with E-state index >= 15 is 0 Å². The molecule has 0 aromatic carbocycles. The Morgan fingerprint density at radius 3 is 2.68 bits per heavy atom. The van der Waals surface area contributed by atoms with E-state index in [9.17, 15) is 4.79 Å². The van der Waals surface area contributed by atoms with Gasteiger partial charge in [-0.15, -0.1) is 0 Å². The zero-order valence-corrected chi connectivity index (χ0v) is 12.7. The normalized spacial score (nSPS) is 12.8.